The van der Waals surface area contributed by atoms with E-state index >= 15 is 0 Å². The highest BCUT2D eigenvalue weighted by Crippen LogP contribution is 2.34. The molecule has 0 aromatic heterocycles. The summed E-state index contributed by atoms with van der Waals surface area (Å²) < 4.78 is 15.6. The van der Waals surface area contributed by atoms with Crippen LogP contribution in [0, 0.1) is 6.92 Å². The molecule has 2 aromatic rings. The lowest BCUT2D eigenvalue weighted by molar-refractivity contribution is -0.141. The van der Waals surface area contributed by atoms with Gasteiger partial charge in [0, 0.05) is 5.69 Å². The minimum Gasteiger partial charge on any atom is -0.469 e. The fourth-order valence-corrected chi connectivity index (χ4v) is 2.85. The van der Waals surface area contributed by atoms with Crippen molar-refractivity contribution in [3.63, 3.8) is 0 Å². The van der Waals surface area contributed by atoms with Crippen LogP contribution in [0.5, 0.6) is 11.5 Å². The quantitative estimate of drug-likeness (QED) is 0.616. The van der Waals surface area contributed by atoms with E-state index in [1.807, 2.05) is 49.4 Å². The molecular weight excluding hydrogens is 352 g/mol. The molecule has 1 atom stereocenters. The lowest BCUT2D eigenvalue weighted by Crippen LogP contribution is -2.33. The van der Waals surface area contributed by atoms with Crippen LogP contribution < -0.4 is 20.1 Å². The van der Waals surface area contributed by atoms with Crippen LogP contribution in [0.1, 0.15) is 23.6 Å². The summed E-state index contributed by atoms with van der Waals surface area (Å²) in [6.45, 7) is 2.22. The molecule has 0 saturated heterocycles. The van der Waals surface area contributed by atoms with Gasteiger partial charge in [0.15, 0.2) is 16.6 Å². The Morgan fingerprint density at radius 3 is 2.65 bits per heavy atom. The van der Waals surface area contributed by atoms with E-state index in [9.17, 15) is 4.79 Å². The summed E-state index contributed by atoms with van der Waals surface area (Å²) in [5.41, 5.74) is 2.89. The number of fused-ring (bicyclic) bond motifs is 1. The maximum atomic E-state index is 11.8. The van der Waals surface area contributed by atoms with Crippen LogP contribution >= 0.6 is 12.2 Å². The third-order valence-electron chi connectivity index (χ3n) is 4.01. The summed E-state index contributed by atoms with van der Waals surface area (Å²) in [5, 5.41) is 6.72. The van der Waals surface area contributed by atoms with Crippen LogP contribution in [0.3, 0.4) is 0 Å². The molecule has 136 valence electrons. The number of nitrogens with one attached hydrogen (secondary N) is 2. The van der Waals surface area contributed by atoms with Crippen molar-refractivity contribution in [3.8, 4) is 11.5 Å². The SMILES string of the molecule is COC(=O)C[C@@H](NC(=S)Nc1ccc(C)cc1)c1ccc2c(c1)OCO2. The lowest BCUT2D eigenvalue weighted by Gasteiger charge is -2.21. The monoisotopic (exact) mass is 372 g/mol. The second-order valence-electron chi connectivity index (χ2n) is 5.91. The van der Waals surface area contributed by atoms with E-state index in [2.05, 4.69) is 10.6 Å². The predicted molar refractivity (Wildman–Crippen MR) is 102 cm³/mol. The Hall–Kier alpha value is -2.80. The molecule has 0 fully saturated rings. The Morgan fingerprint density at radius 1 is 1.19 bits per heavy atom. The number of rotatable bonds is 5. The van der Waals surface area contributed by atoms with E-state index in [0.717, 1.165) is 11.3 Å². The fraction of sp³-hybridized carbons (Fsp3) is 0.263. The first-order chi connectivity index (χ1) is 12.5. The van der Waals surface area contributed by atoms with E-state index in [4.69, 9.17) is 26.4 Å². The highest BCUT2D eigenvalue weighted by atomic mass is 32.1. The summed E-state index contributed by atoms with van der Waals surface area (Å²) in [5.74, 6) is 1.00. The van der Waals surface area contributed by atoms with Gasteiger partial charge in [0.2, 0.25) is 6.79 Å². The highest BCUT2D eigenvalue weighted by Gasteiger charge is 2.21. The summed E-state index contributed by atoms with van der Waals surface area (Å²) in [6, 6.07) is 13.1. The zero-order chi connectivity index (χ0) is 18.5. The van der Waals surface area contributed by atoms with Gasteiger partial charge in [-0.25, -0.2) is 0 Å². The van der Waals surface area contributed by atoms with E-state index in [-0.39, 0.29) is 25.2 Å². The number of methoxy groups -OCH3 is 1. The molecular formula is C19H20N2O4S. The molecule has 0 aliphatic carbocycles. The Bertz CT molecular complexity index is 808. The largest absolute Gasteiger partial charge is 0.469 e. The maximum absolute atomic E-state index is 11.8. The van der Waals surface area contributed by atoms with Gasteiger partial charge in [0.25, 0.3) is 0 Å². The third-order valence-corrected chi connectivity index (χ3v) is 4.23. The van der Waals surface area contributed by atoms with Gasteiger partial charge in [0.1, 0.15) is 0 Å². The van der Waals surface area contributed by atoms with Crippen LogP contribution in [0.15, 0.2) is 42.5 Å². The maximum Gasteiger partial charge on any atom is 0.307 e. The second-order valence-corrected chi connectivity index (χ2v) is 6.32. The van der Waals surface area contributed by atoms with Gasteiger partial charge in [-0.3, -0.25) is 4.79 Å². The Labute approximate surface area is 157 Å². The van der Waals surface area contributed by atoms with Crippen molar-refractivity contribution in [1.29, 1.82) is 0 Å². The molecule has 2 N–H and O–H groups in total. The molecule has 0 bridgehead atoms. The number of carbonyl (C=O) groups is 1. The second kappa shape index (κ2) is 8.05. The van der Waals surface area contributed by atoms with Crippen molar-refractivity contribution in [2.45, 2.75) is 19.4 Å². The minimum atomic E-state index is -0.359. The molecule has 0 amide bonds. The number of hydrogen-bond donors (Lipinski definition) is 2. The summed E-state index contributed by atoms with van der Waals surface area (Å²) in [6.07, 6.45) is 0.131. The molecule has 1 aliphatic heterocycles. The Balaban J connectivity index is 1.74. The number of benzene rings is 2. The van der Waals surface area contributed by atoms with Gasteiger partial charge in [-0.1, -0.05) is 23.8 Å². The van der Waals surface area contributed by atoms with Crippen LogP contribution in [0.4, 0.5) is 5.69 Å². The van der Waals surface area contributed by atoms with E-state index in [1.54, 1.807) is 0 Å². The molecule has 0 radical (unpaired) electrons. The van der Waals surface area contributed by atoms with Crippen molar-refractivity contribution in [2.24, 2.45) is 0 Å². The van der Waals surface area contributed by atoms with Gasteiger partial charge < -0.3 is 24.8 Å². The van der Waals surface area contributed by atoms with E-state index in [0.29, 0.717) is 16.6 Å². The van der Waals surface area contributed by atoms with Crippen molar-refractivity contribution >= 4 is 29.0 Å². The van der Waals surface area contributed by atoms with Crippen LogP contribution in [-0.2, 0) is 9.53 Å². The summed E-state index contributed by atoms with van der Waals surface area (Å²) in [7, 11) is 1.36. The summed E-state index contributed by atoms with van der Waals surface area (Å²) in [4.78, 5) is 11.8. The van der Waals surface area contributed by atoms with Crippen LogP contribution in [0.2, 0.25) is 0 Å². The van der Waals surface area contributed by atoms with Crippen molar-refractivity contribution in [1.82, 2.24) is 5.32 Å². The normalized spacial score (nSPS) is 13.0. The molecule has 6 nitrogen and oxygen atoms in total. The van der Waals surface area contributed by atoms with Gasteiger partial charge in [-0.2, -0.15) is 0 Å². The zero-order valence-electron chi connectivity index (χ0n) is 14.6. The number of aryl methyl sites for hydroxylation is 1. The topological polar surface area (TPSA) is 68.8 Å². The van der Waals surface area contributed by atoms with Crippen LogP contribution in [-0.4, -0.2) is 25.0 Å². The molecule has 1 aliphatic rings. The van der Waals surface area contributed by atoms with Crippen molar-refractivity contribution < 1.29 is 19.0 Å². The molecule has 1 heterocycles. The van der Waals surface area contributed by atoms with Crippen LogP contribution in [0.25, 0.3) is 0 Å². The Morgan fingerprint density at radius 2 is 1.92 bits per heavy atom. The van der Waals surface area contributed by atoms with Crippen molar-refractivity contribution in [3.05, 3.63) is 53.6 Å². The fourth-order valence-electron chi connectivity index (χ4n) is 2.59. The first kappa shape index (κ1) is 18.0. The van der Waals surface area contributed by atoms with E-state index in [1.165, 1.54) is 12.7 Å². The highest BCUT2D eigenvalue weighted by molar-refractivity contribution is 7.80. The Kier molecular flexibility index (Phi) is 5.58. The average Bonchev–Trinajstić information content (AvgIpc) is 3.10. The van der Waals surface area contributed by atoms with Gasteiger partial charge in [-0.15, -0.1) is 0 Å². The molecule has 0 spiro atoms. The lowest BCUT2D eigenvalue weighted by atomic mass is 10.0. The zero-order valence-corrected chi connectivity index (χ0v) is 15.4. The molecule has 2 aromatic carbocycles. The van der Waals surface area contributed by atoms with Gasteiger partial charge >= 0.3 is 5.97 Å². The molecule has 0 unspecified atom stereocenters. The molecule has 26 heavy (non-hydrogen) atoms. The van der Waals surface area contributed by atoms with Crippen molar-refractivity contribution in [2.75, 3.05) is 19.2 Å². The molecule has 7 heteroatoms. The number of esters is 1. The molecule has 0 saturated carbocycles. The number of carbonyl (C=O) groups excluding carboxylic acids is 1. The standard InChI is InChI=1S/C19H20N2O4S/c1-12-3-6-14(7-4-12)20-19(26)21-15(10-18(22)23-2)13-5-8-16-17(9-13)25-11-24-16/h3-9,15H,10-11H2,1-2H3,(H2,20,21,26)/t15-/m1/s1. The minimum absolute atomic E-state index is 0.131. The molecule has 3 rings (SSSR count). The smallest absolute Gasteiger partial charge is 0.307 e. The predicted octanol–water partition coefficient (Wildman–Crippen LogP) is 3.31. The van der Waals surface area contributed by atoms with Gasteiger partial charge in [0.05, 0.1) is 19.6 Å². The number of anilines is 1. The summed E-state index contributed by atoms with van der Waals surface area (Å²) >= 11 is 5.40. The average molecular weight is 372 g/mol. The first-order valence-electron chi connectivity index (χ1n) is 8.15. The van der Waals surface area contributed by atoms with Gasteiger partial charge in [-0.05, 0) is 49.0 Å². The van der Waals surface area contributed by atoms with E-state index < -0.39 is 0 Å². The number of thiocarbonyl (C=S) groups is 1. The number of hydrogen-bond acceptors (Lipinski definition) is 5. The number of ether oxygens (including phenoxy) is 3. The third kappa shape index (κ3) is 4.43. The first-order valence-corrected chi connectivity index (χ1v) is 8.56.